The molecule has 0 aromatic carbocycles. The molecular weight excluding hydrogens is 138 g/mol. The number of hydrogen-bond donors (Lipinski definition) is 1. The second-order valence-corrected chi connectivity index (χ2v) is 2.75. The molecule has 3 nitrogen and oxygen atoms in total. The van der Waals surface area contributed by atoms with E-state index in [9.17, 15) is 4.79 Å². The summed E-state index contributed by atoms with van der Waals surface area (Å²) in [6.45, 7) is 1.81. The van der Waals surface area contributed by atoms with Crippen molar-refractivity contribution >= 4 is 17.7 Å². The number of nitrogens with one attached hydrogen (secondary N) is 1. The van der Waals surface area contributed by atoms with Crippen LogP contribution in [0.25, 0.3) is 0 Å². The smallest absolute Gasteiger partial charge is 0.261 e. The summed E-state index contributed by atoms with van der Waals surface area (Å²) in [7, 11) is 0. The van der Waals surface area contributed by atoms with Gasteiger partial charge in [0.05, 0.1) is 0 Å². The number of thioether (sulfide) groups is 1. The van der Waals surface area contributed by atoms with Crippen LogP contribution in [0.3, 0.4) is 0 Å². The third kappa shape index (κ3) is 1.37. The number of hydrogen-bond acceptors (Lipinski definition) is 3. The van der Waals surface area contributed by atoms with E-state index in [0.29, 0.717) is 0 Å². The molecule has 1 N–H and O–H groups in total. The van der Waals surface area contributed by atoms with Gasteiger partial charge in [-0.05, 0) is 13.2 Å². The molecular formula is C5H9NO2S. The zero-order valence-electron chi connectivity index (χ0n) is 5.38. The largest absolute Gasteiger partial charge is 0.335 e. The lowest BCUT2D eigenvalue weighted by molar-refractivity contribution is -0.120. The second-order valence-electron chi connectivity index (χ2n) is 1.85. The molecule has 2 atom stereocenters. The Hall–Kier alpha value is -0.220. The molecule has 0 spiro atoms. The average molecular weight is 147 g/mol. The van der Waals surface area contributed by atoms with Crippen LogP contribution in [0.4, 0.5) is 0 Å². The Kier molecular flexibility index (Phi) is 1.97. The molecule has 0 aromatic rings. The van der Waals surface area contributed by atoms with Crippen LogP contribution >= 0.6 is 11.8 Å². The zero-order valence-corrected chi connectivity index (χ0v) is 6.20. The number of rotatable bonds is 1. The van der Waals surface area contributed by atoms with E-state index in [2.05, 4.69) is 5.32 Å². The van der Waals surface area contributed by atoms with Crippen LogP contribution < -0.4 is 5.32 Å². The Labute approximate surface area is 58.1 Å². The third-order valence-electron chi connectivity index (χ3n) is 1.10. The van der Waals surface area contributed by atoms with E-state index < -0.39 is 0 Å². The van der Waals surface area contributed by atoms with Gasteiger partial charge in [0, 0.05) is 0 Å². The first kappa shape index (κ1) is 6.89. The number of amides is 1. The highest BCUT2D eigenvalue weighted by atomic mass is 32.2. The standard InChI is InChI=1S/C5H9NO2S/c1-3-6-4(7)5(8-3)9-2/h3,5H,1-2H3,(H,6,7). The molecule has 1 heterocycles. The first-order valence-corrected chi connectivity index (χ1v) is 4.01. The lowest BCUT2D eigenvalue weighted by Crippen LogP contribution is -2.24. The number of carbonyl (C=O) groups excluding carboxylic acids is 1. The Morgan fingerprint density at radius 1 is 1.78 bits per heavy atom. The first-order valence-electron chi connectivity index (χ1n) is 2.72. The van der Waals surface area contributed by atoms with Gasteiger partial charge >= 0.3 is 0 Å². The van der Waals surface area contributed by atoms with E-state index in [1.807, 2.05) is 13.2 Å². The Morgan fingerprint density at radius 2 is 2.44 bits per heavy atom. The van der Waals surface area contributed by atoms with Crippen LogP contribution in [0, 0.1) is 0 Å². The van der Waals surface area contributed by atoms with Crippen molar-refractivity contribution in [3.63, 3.8) is 0 Å². The van der Waals surface area contributed by atoms with Crippen molar-refractivity contribution < 1.29 is 9.53 Å². The molecule has 4 heteroatoms. The van der Waals surface area contributed by atoms with Crippen molar-refractivity contribution in [3.8, 4) is 0 Å². The zero-order chi connectivity index (χ0) is 6.85. The summed E-state index contributed by atoms with van der Waals surface area (Å²) >= 11 is 1.41. The van der Waals surface area contributed by atoms with Gasteiger partial charge in [-0.1, -0.05) is 0 Å². The summed E-state index contributed by atoms with van der Waals surface area (Å²) in [5.74, 6) is -0.0185. The molecule has 2 unspecified atom stereocenters. The van der Waals surface area contributed by atoms with E-state index in [1.54, 1.807) is 0 Å². The van der Waals surface area contributed by atoms with Crippen molar-refractivity contribution in [3.05, 3.63) is 0 Å². The van der Waals surface area contributed by atoms with Crippen molar-refractivity contribution in [1.29, 1.82) is 0 Å². The van der Waals surface area contributed by atoms with Gasteiger partial charge in [0.25, 0.3) is 5.91 Å². The predicted octanol–water partition coefficient (Wildman–Crippen LogP) is 0.168. The molecule has 0 saturated carbocycles. The van der Waals surface area contributed by atoms with Gasteiger partial charge in [0.15, 0.2) is 5.44 Å². The quantitative estimate of drug-likeness (QED) is 0.574. The Bertz CT molecular complexity index is 128. The van der Waals surface area contributed by atoms with Crippen LogP contribution in [-0.4, -0.2) is 23.8 Å². The van der Waals surface area contributed by atoms with Gasteiger partial charge in [-0.15, -0.1) is 11.8 Å². The van der Waals surface area contributed by atoms with Crippen molar-refractivity contribution in [1.82, 2.24) is 5.32 Å². The number of ether oxygens (including phenoxy) is 1. The lowest BCUT2D eigenvalue weighted by Gasteiger charge is -2.01. The highest BCUT2D eigenvalue weighted by Gasteiger charge is 2.28. The average Bonchev–Trinajstić information content (AvgIpc) is 2.10. The molecule has 1 aliphatic rings. The highest BCUT2D eigenvalue weighted by Crippen LogP contribution is 2.15. The van der Waals surface area contributed by atoms with Gasteiger partial charge in [-0.2, -0.15) is 0 Å². The van der Waals surface area contributed by atoms with Gasteiger partial charge in [0.1, 0.15) is 6.23 Å². The maximum atomic E-state index is 10.8. The summed E-state index contributed by atoms with van der Waals surface area (Å²) in [6, 6.07) is 0. The minimum atomic E-state index is -0.292. The topological polar surface area (TPSA) is 38.3 Å². The molecule has 0 aliphatic carbocycles. The minimum Gasteiger partial charge on any atom is -0.335 e. The van der Waals surface area contributed by atoms with Crippen LogP contribution in [-0.2, 0) is 9.53 Å². The Balaban J connectivity index is 2.48. The molecule has 0 bridgehead atoms. The molecule has 1 fully saturated rings. The maximum absolute atomic E-state index is 10.8. The summed E-state index contributed by atoms with van der Waals surface area (Å²) in [6.07, 6.45) is 1.73. The molecule has 1 rings (SSSR count). The van der Waals surface area contributed by atoms with Gasteiger partial charge in [-0.3, -0.25) is 4.79 Å². The maximum Gasteiger partial charge on any atom is 0.261 e. The number of carbonyl (C=O) groups is 1. The summed E-state index contributed by atoms with van der Waals surface area (Å²) < 4.78 is 5.12. The first-order chi connectivity index (χ1) is 4.24. The van der Waals surface area contributed by atoms with E-state index >= 15 is 0 Å². The van der Waals surface area contributed by atoms with Gasteiger partial charge < -0.3 is 10.1 Å². The van der Waals surface area contributed by atoms with E-state index in [-0.39, 0.29) is 17.6 Å². The van der Waals surface area contributed by atoms with E-state index in [4.69, 9.17) is 4.74 Å². The second kappa shape index (κ2) is 2.58. The minimum absolute atomic E-state index is 0.0185. The molecule has 0 radical (unpaired) electrons. The van der Waals surface area contributed by atoms with Crippen molar-refractivity contribution in [2.75, 3.05) is 6.26 Å². The Morgan fingerprint density at radius 3 is 2.67 bits per heavy atom. The fraction of sp³-hybridized carbons (Fsp3) is 0.800. The fourth-order valence-corrected chi connectivity index (χ4v) is 1.27. The van der Waals surface area contributed by atoms with Crippen LogP contribution in [0.5, 0.6) is 0 Å². The predicted molar refractivity (Wildman–Crippen MR) is 36.0 cm³/mol. The summed E-state index contributed by atoms with van der Waals surface area (Å²) in [5, 5.41) is 2.64. The van der Waals surface area contributed by atoms with Crippen LogP contribution in [0.1, 0.15) is 6.92 Å². The summed E-state index contributed by atoms with van der Waals surface area (Å²) in [4.78, 5) is 10.8. The molecule has 9 heavy (non-hydrogen) atoms. The van der Waals surface area contributed by atoms with E-state index in [0.717, 1.165) is 0 Å². The lowest BCUT2D eigenvalue weighted by atomic mass is 10.6. The molecule has 1 aliphatic heterocycles. The van der Waals surface area contributed by atoms with Gasteiger partial charge in [0.2, 0.25) is 0 Å². The molecule has 1 amide bonds. The van der Waals surface area contributed by atoms with E-state index in [1.165, 1.54) is 11.8 Å². The van der Waals surface area contributed by atoms with Crippen molar-refractivity contribution in [2.45, 2.75) is 18.6 Å². The summed E-state index contributed by atoms with van der Waals surface area (Å²) in [5.41, 5.74) is -0.292. The molecule has 0 aromatic heterocycles. The van der Waals surface area contributed by atoms with Crippen molar-refractivity contribution in [2.24, 2.45) is 0 Å². The normalized spacial score (nSPS) is 34.7. The van der Waals surface area contributed by atoms with Crippen LogP contribution in [0.15, 0.2) is 0 Å². The molecule has 1 saturated heterocycles. The molecule has 52 valence electrons. The van der Waals surface area contributed by atoms with Crippen LogP contribution in [0.2, 0.25) is 0 Å². The van der Waals surface area contributed by atoms with Gasteiger partial charge in [-0.25, -0.2) is 0 Å². The monoisotopic (exact) mass is 147 g/mol. The fourth-order valence-electron chi connectivity index (χ4n) is 0.712. The SMILES string of the molecule is CSC1OC(C)NC1=O. The highest BCUT2D eigenvalue weighted by molar-refractivity contribution is 7.99. The third-order valence-corrected chi connectivity index (χ3v) is 1.85.